The van der Waals surface area contributed by atoms with Crippen LogP contribution in [-0.2, 0) is 14.8 Å². The van der Waals surface area contributed by atoms with Crippen LogP contribution in [0.15, 0.2) is 59.6 Å². The van der Waals surface area contributed by atoms with Crippen molar-refractivity contribution in [2.75, 3.05) is 6.54 Å². The number of hydrogen-bond acceptors (Lipinski definition) is 4. The van der Waals surface area contributed by atoms with Crippen molar-refractivity contribution in [3.8, 4) is 11.1 Å². The van der Waals surface area contributed by atoms with Crippen LogP contribution in [0, 0.1) is 6.92 Å². The third-order valence-electron chi connectivity index (χ3n) is 5.28. The van der Waals surface area contributed by atoms with E-state index in [9.17, 15) is 13.2 Å². The Kier molecular flexibility index (Phi) is 5.34. The summed E-state index contributed by atoms with van der Waals surface area (Å²) < 4.78 is 28.3. The second-order valence-electron chi connectivity index (χ2n) is 7.31. The molecule has 2 heterocycles. The molecule has 0 radical (unpaired) electrons. The topological polar surface area (TPSA) is 88.2 Å². The first-order chi connectivity index (χ1) is 14.0. The minimum absolute atomic E-state index is 0.161. The Morgan fingerprint density at radius 2 is 1.93 bits per heavy atom. The standard InChI is InChI=1S/C22H23N3O3S/c1-15-14-16(29(27,28)25-21-8-2-3-12-24-22(21)26)10-11-17(15)18-6-4-9-20-19(18)7-5-13-23-20/h4-7,9-11,13-14,21,25H,2-3,8,12H2,1H3,(H,24,26)/t21-/m1/s1. The summed E-state index contributed by atoms with van der Waals surface area (Å²) in [5.74, 6) is -0.261. The van der Waals surface area contributed by atoms with Gasteiger partial charge in [0, 0.05) is 18.1 Å². The summed E-state index contributed by atoms with van der Waals surface area (Å²) in [5, 5.41) is 3.77. The third-order valence-corrected chi connectivity index (χ3v) is 6.75. The van der Waals surface area contributed by atoms with Gasteiger partial charge in [-0.2, -0.15) is 4.72 Å². The van der Waals surface area contributed by atoms with Crippen LogP contribution in [0.4, 0.5) is 0 Å². The maximum atomic E-state index is 12.9. The molecule has 1 aliphatic heterocycles. The SMILES string of the molecule is Cc1cc(S(=O)(=O)N[C@@H]2CCCCNC2=O)ccc1-c1cccc2ncccc12. The van der Waals surface area contributed by atoms with Gasteiger partial charge in [0.05, 0.1) is 10.4 Å². The lowest BCUT2D eigenvalue weighted by Gasteiger charge is -2.16. The summed E-state index contributed by atoms with van der Waals surface area (Å²) in [5.41, 5.74) is 3.69. The molecule has 0 spiro atoms. The molecule has 1 aromatic heterocycles. The summed E-state index contributed by atoms with van der Waals surface area (Å²) in [6, 6.07) is 14.1. The van der Waals surface area contributed by atoms with Crippen LogP contribution in [0.1, 0.15) is 24.8 Å². The Hall–Kier alpha value is -2.77. The first-order valence-electron chi connectivity index (χ1n) is 9.70. The highest BCUT2D eigenvalue weighted by Crippen LogP contribution is 2.31. The lowest BCUT2D eigenvalue weighted by Crippen LogP contribution is -2.45. The van der Waals surface area contributed by atoms with E-state index in [1.165, 1.54) is 0 Å². The Morgan fingerprint density at radius 3 is 2.76 bits per heavy atom. The lowest BCUT2D eigenvalue weighted by molar-refractivity contribution is -0.122. The first kappa shape index (κ1) is 19.5. The molecule has 0 aliphatic carbocycles. The fraction of sp³-hybridized carbons (Fsp3) is 0.273. The van der Waals surface area contributed by atoms with Crippen molar-refractivity contribution in [2.24, 2.45) is 0 Å². The molecule has 6 nitrogen and oxygen atoms in total. The Balaban J connectivity index is 1.67. The number of rotatable bonds is 4. The number of carbonyl (C=O) groups is 1. The normalized spacial score (nSPS) is 17.7. The molecule has 2 N–H and O–H groups in total. The van der Waals surface area contributed by atoms with Crippen molar-refractivity contribution in [1.82, 2.24) is 15.0 Å². The van der Waals surface area contributed by atoms with E-state index in [1.54, 1.807) is 18.3 Å². The number of nitrogens with zero attached hydrogens (tertiary/aromatic N) is 1. The number of nitrogens with one attached hydrogen (secondary N) is 2. The van der Waals surface area contributed by atoms with Gasteiger partial charge in [0.1, 0.15) is 6.04 Å². The molecule has 1 amide bonds. The summed E-state index contributed by atoms with van der Waals surface area (Å²) >= 11 is 0. The summed E-state index contributed by atoms with van der Waals surface area (Å²) in [6.45, 7) is 2.48. The molecule has 7 heteroatoms. The number of fused-ring (bicyclic) bond motifs is 1. The lowest BCUT2D eigenvalue weighted by atomic mass is 9.97. The Labute approximate surface area is 170 Å². The summed E-state index contributed by atoms with van der Waals surface area (Å²) in [4.78, 5) is 16.7. The van der Waals surface area contributed by atoms with E-state index < -0.39 is 16.1 Å². The molecule has 0 bridgehead atoms. The van der Waals surface area contributed by atoms with Crippen LogP contribution in [0.25, 0.3) is 22.0 Å². The average Bonchev–Trinajstić information content (AvgIpc) is 2.91. The van der Waals surface area contributed by atoms with Gasteiger partial charge in [0.2, 0.25) is 15.9 Å². The van der Waals surface area contributed by atoms with E-state index in [2.05, 4.69) is 15.0 Å². The molecule has 1 fully saturated rings. The second-order valence-corrected chi connectivity index (χ2v) is 9.03. The molecule has 0 saturated carbocycles. The molecule has 1 aliphatic rings. The van der Waals surface area contributed by atoms with Crippen molar-refractivity contribution in [3.63, 3.8) is 0 Å². The van der Waals surface area contributed by atoms with E-state index in [0.29, 0.717) is 13.0 Å². The number of pyridine rings is 1. The zero-order chi connectivity index (χ0) is 20.4. The fourth-order valence-electron chi connectivity index (χ4n) is 3.75. The van der Waals surface area contributed by atoms with Crippen LogP contribution < -0.4 is 10.0 Å². The van der Waals surface area contributed by atoms with Crippen LogP contribution in [0.5, 0.6) is 0 Å². The first-order valence-corrected chi connectivity index (χ1v) is 11.2. The number of benzene rings is 2. The molecular formula is C22H23N3O3S. The highest BCUT2D eigenvalue weighted by atomic mass is 32.2. The summed E-state index contributed by atoms with van der Waals surface area (Å²) in [7, 11) is -3.80. The predicted molar refractivity (Wildman–Crippen MR) is 113 cm³/mol. The number of aryl methyl sites for hydroxylation is 1. The van der Waals surface area contributed by atoms with E-state index in [1.807, 2.05) is 43.3 Å². The van der Waals surface area contributed by atoms with E-state index in [-0.39, 0.29) is 10.8 Å². The molecule has 1 atom stereocenters. The molecule has 29 heavy (non-hydrogen) atoms. The van der Waals surface area contributed by atoms with Gasteiger partial charge < -0.3 is 5.32 Å². The van der Waals surface area contributed by atoms with Crippen molar-refractivity contribution in [3.05, 3.63) is 60.3 Å². The second kappa shape index (κ2) is 7.93. The largest absolute Gasteiger partial charge is 0.355 e. The van der Waals surface area contributed by atoms with Crippen LogP contribution in [-0.4, -0.2) is 31.9 Å². The van der Waals surface area contributed by atoms with Gasteiger partial charge in [-0.15, -0.1) is 0 Å². The number of carbonyl (C=O) groups excluding carboxylic acids is 1. The molecule has 4 rings (SSSR count). The molecule has 2 aromatic carbocycles. The minimum Gasteiger partial charge on any atom is -0.355 e. The number of hydrogen-bond donors (Lipinski definition) is 2. The quantitative estimate of drug-likeness (QED) is 0.693. The maximum absolute atomic E-state index is 12.9. The van der Waals surface area contributed by atoms with Crippen LogP contribution in [0.2, 0.25) is 0 Å². The summed E-state index contributed by atoms with van der Waals surface area (Å²) in [6.07, 6.45) is 3.92. The van der Waals surface area contributed by atoms with E-state index >= 15 is 0 Å². The van der Waals surface area contributed by atoms with Crippen LogP contribution in [0.3, 0.4) is 0 Å². The van der Waals surface area contributed by atoms with Crippen LogP contribution >= 0.6 is 0 Å². The van der Waals surface area contributed by atoms with Gasteiger partial charge in [-0.25, -0.2) is 8.42 Å². The maximum Gasteiger partial charge on any atom is 0.241 e. The number of sulfonamides is 1. The fourth-order valence-corrected chi connectivity index (χ4v) is 5.07. The third kappa shape index (κ3) is 4.02. The number of amides is 1. The van der Waals surface area contributed by atoms with Crippen molar-refractivity contribution < 1.29 is 13.2 Å². The molecule has 3 aromatic rings. The van der Waals surface area contributed by atoms with Crippen molar-refractivity contribution in [1.29, 1.82) is 0 Å². The van der Waals surface area contributed by atoms with Gasteiger partial charge in [-0.3, -0.25) is 9.78 Å². The highest BCUT2D eigenvalue weighted by molar-refractivity contribution is 7.89. The zero-order valence-corrected chi connectivity index (χ0v) is 17.0. The van der Waals surface area contributed by atoms with Gasteiger partial charge in [-0.1, -0.05) is 24.3 Å². The van der Waals surface area contributed by atoms with Gasteiger partial charge in [0.25, 0.3) is 0 Å². The molecular weight excluding hydrogens is 386 g/mol. The van der Waals surface area contributed by atoms with Crippen molar-refractivity contribution >= 4 is 26.8 Å². The van der Waals surface area contributed by atoms with E-state index in [0.717, 1.165) is 40.4 Å². The van der Waals surface area contributed by atoms with E-state index in [4.69, 9.17) is 0 Å². The molecule has 1 saturated heterocycles. The van der Waals surface area contributed by atoms with Gasteiger partial charge in [0.15, 0.2) is 0 Å². The van der Waals surface area contributed by atoms with Gasteiger partial charge >= 0.3 is 0 Å². The van der Waals surface area contributed by atoms with Crippen molar-refractivity contribution in [2.45, 2.75) is 37.1 Å². The van der Waals surface area contributed by atoms with Gasteiger partial charge in [-0.05, 0) is 67.1 Å². The predicted octanol–water partition coefficient (Wildman–Crippen LogP) is 3.16. The highest BCUT2D eigenvalue weighted by Gasteiger charge is 2.27. The average molecular weight is 410 g/mol. The number of aromatic nitrogens is 1. The Morgan fingerprint density at radius 1 is 1.07 bits per heavy atom. The zero-order valence-electron chi connectivity index (χ0n) is 16.2. The Bertz CT molecular complexity index is 1170. The molecule has 0 unspecified atom stereocenters. The monoisotopic (exact) mass is 409 g/mol. The smallest absolute Gasteiger partial charge is 0.241 e. The minimum atomic E-state index is -3.80. The molecule has 150 valence electrons.